The third-order valence-electron chi connectivity index (χ3n) is 5.63. The van der Waals surface area contributed by atoms with Crippen molar-refractivity contribution in [3.8, 4) is 0 Å². The highest BCUT2D eigenvalue weighted by Crippen LogP contribution is 2.22. The highest BCUT2D eigenvalue weighted by molar-refractivity contribution is 7.89. The maximum atomic E-state index is 12.5. The normalized spacial score (nSPS) is 20.1. The van der Waals surface area contributed by atoms with Crippen LogP contribution in [0.4, 0.5) is 5.69 Å². The molecule has 1 heterocycles. The van der Waals surface area contributed by atoms with Gasteiger partial charge < -0.3 is 10.6 Å². The molecule has 27 heavy (non-hydrogen) atoms. The smallest absolute Gasteiger partial charge is 0.279 e. The van der Waals surface area contributed by atoms with Crippen molar-refractivity contribution in [3.05, 3.63) is 24.3 Å². The summed E-state index contributed by atoms with van der Waals surface area (Å²) >= 11 is 0. The molecule has 1 saturated heterocycles. The lowest BCUT2D eigenvalue weighted by molar-refractivity contribution is -0.680. The molecule has 1 aliphatic carbocycles. The van der Waals surface area contributed by atoms with Crippen LogP contribution >= 0.6 is 0 Å². The topological polar surface area (TPSA) is 83.1 Å². The van der Waals surface area contributed by atoms with Crippen molar-refractivity contribution >= 4 is 21.6 Å². The molecule has 7 heteroatoms. The molecule has 1 aromatic carbocycles. The first-order valence-electron chi connectivity index (χ1n) is 10.3. The molecule has 150 valence electrons. The van der Waals surface area contributed by atoms with Gasteiger partial charge in [0.2, 0.25) is 10.0 Å². The lowest BCUT2D eigenvalue weighted by atomic mass is 9.97. The number of hydrogen-bond donors (Lipinski definition) is 2. The van der Waals surface area contributed by atoms with Gasteiger partial charge in [-0.2, -0.15) is 4.31 Å². The first-order chi connectivity index (χ1) is 13.1. The summed E-state index contributed by atoms with van der Waals surface area (Å²) in [7, 11) is -3.40. The molecule has 3 N–H and O–H groups in total. The second-order valence-corrected chi connectivity index (χ2v) is 9.67. The van der Waals surface area contributed by atoms with E-state index < -0.39 is 10.0 Å². The van der Waals surface area contributed by atoms with E-state index in [9.17, 15) is 13.2 Å². The largest absolute Gasteiger partial charge is 0.336 e. The second kappa shape index (κ2) is 9.66. The van der Waals surface area contributed by atoms with Gasteiger partial charge in [0.05, 0.1) is 10.9 Å². The lowest BCUT2D eigenvalue weighted by Crippen LogP contribution is -2.91. The van der Waals surface area contributed by atoms with Gasteiger partial charge in [-0.15, -0.1) is 0 Å². The number of rotatable bonds is 6. The Morgan fingerprint density at radius 3 is 2.19 bits per heavy atom. The number of anilines is 1. The Bertz CT molecular complexity index is 704. The molecule has 3 rings (SSSR count). The van der Waals surface area contributed by atoms with Crippen LogP contribution in [0.5, 0.6) is 0 Å². The number of amides is 1. The van der Waals surface area contributed by atoms with E-state index in [1.807, 2.05) is 0 Å². The van der Waals surface area contributed by atoms with Crippen LogP contribution in [0.25, 0.3) is 0 Å². The van der Waals surface area contributed by atoms with E-state index in [4.69, 9.17) is 0 Å². The van der Waals surface area contributed by atoms with Gasteiger partial charge in [0.25, 0.3) is 5.91 Å². The molecular formula is C20H32N3O3S+. The summed E-state index contributed by atoms with van der Waals surface area (Å²) in [4.78, 5) is 12.5. The van der Waals surface area contributed by atoms with E-state index in [2.05, 4.69) is 10.6 Å². The van der Waals surface area contributed by atoms with Gasteiger partial charge in [-0.3, -0.25) is 4.79 Å². The highest BCUT2D eigenvalue weighted by atomic mass is 32.2. The summed E-state index contributed by atoms with van der Waals surface area (Å²) in [6.45, 7) is 1.61. The number of carbonyl (C=O) groups excluding carboxylic acids is 1. The van der Waals surface area contributed by atoms with E-state index in [0.29, 0.717) is 36.3 Å². The first-order valence-corrected chi connectivity index (χ1v) is 11.7. The van der Waals surface area contributed by atoms with Crippen LogP contribution in [-0.2, 0) is 14.8 Å². The summed E-state index contributed by atoms with van der Waals surface area (Å²) in [5.41, 5.74) is 0.645. The number of quaternary nitrogens is 1. The minimum Gasteiger partial charge on any atom is -0.336 e. The van der Waals surface area contributed by atoms with Crippen LogP contribution in [0.3, 0.4) is 0 Å². The Hall–Kier alpha value is -1.44. The van der Waals surface area contributed by atoms with Crippen molar-refractivity contribution in [2.45, 2.75) is 68.7 Å². The van der Waals surface area contributed by atoms with E-state index in [-0.39, 0.29) is 5.91 Å². The van der Waals surface area contributed by atoms with Crippen LogP contribution in [0.1, 0.15) is 57.8 Å². The predicted molar refractivity (Wildman–Crippen MR) is 106 cm³/mol. The van der Waals surface area contributed by atoms with Gasteiger partial charge in [0.1, 0.15) is 0 Å². The summed E-state index contributed by atoms with van der Waals surface area (Å²) in [6, 6.07) is 7.07. The minimum atomic E-state index is -3.40. The zero-order valence-corrected chi connectivity index (χ0v) is 16.8. The van der Waals surface area contributed by atoms with E-state index >= 15 is 0 Å². The summed E-state index contributed by atoms with van der Waals surface area (Å²) < 4.78 is 26.6. The van der Waals surface area contributed by atoms with Gasteiger partial charge in [0, 0.05) is 18.8 Å². The monoisotopic (exact) mass is 394 g/mol. The Balaban J connectivity index is 1.49. The number of nitrogens with one attached hydrogen (secondary N) is 1. The molecule has 0 spiro atoms. The maximum Gasteiger partial charge on any atom is 0.279 e. The molecule has 0 radical (unpaired) electrons. The summed E-state index contributed by atoms with van der Waals surface area (Å²) in [5, 5.41) is 5.04. The molecule has 2 aliphatic rings. The van der Waals surface area contributed by atoms with Gasteiger partial charge in [-0.1, -0.05) is 19.3 Å². The molecule has 0 aromatic heterocycles. The molecule has 0 atom stereocenters. The van der Waals surface area contributed by atoms with Crippen LogP contribution in [-0.4, -0.2) is 44.3 Å². The fourth-order valence-electron chi connectivity index (χ4n) is 4.00. The van der Waals surface area contributed by atoms with Crippen molar-refractivity contribution < 1.29 is 18.5 Å². The fourth-order valence-corrected chi connectivity index (χ4v) is 5.51. The van der Waals surface area contributed by atoms with Crippen molar-refractivity contribution in [1.29, 1.82) is 0 Å². The Morgan fingerprint density at radius 1 is 0.963 bits per heavy atom. The molecule has 2 fully saturated rings. The number of hydrogen-bond acceptors (Lipinski definition) is 3. The second-order valence-electron chi connectivity index (χ2n) is 7.73. The number of nitrogens with two attached hydrogens (primary N) is 1. The third kappa shape index (κ3) is 5.77. The number of sulfonamides is 1. The van der Waals surface area contributed by atoms with Crippen molar-refractivity contribution in [3.63, 3.8) is 0 Å². The average Bonchev–Trinajstić information content (AvgIpc) is 3.17. The van der Waals surface area contributed by atoms with Gasteiger partial charge in [-0.25, -0.2) is 8.42 Å². The van der Waals surface area contributed by atoms with Crippen LogP contribution < -0.4 is 10.6 Å². The van der Waals surface area contributed by atoms with E-state index in [0.717, 1.165) is 12.8 Å². The standard InChI is InChI=1S/C20H31N3O3S/c24-20(16-21-17-8-4-2-1-3-5-9-17)22-18-10-12-19(13-11-18)27(25,26)23-14-6-7-15-23/h10-13,17,21H,1-9,14-16H2,(H,22,24)/p+1. The van der Waals surface area contributed by atoms with Crippen LogP contribution in [0.2, 0.25) is 0 Å². The number of carbonyl (C=O) groups is 1. The lowest BCUT2D eigenvalue weighted by Gasteiger charge is -2.18. The number of nitrogens with zero attached hydrogens (tertiary/aromatic N) is 1. The Labute approximate surface area is 162 Å². The van der Waals surface area contributed by atoms with E-state index in [1.54, 1.807) is 24.3 Å². The van der Waals surface area contributed by atoms with Gasteiger partial charge >= 0.3 is 0 Å². The SMILES string of the molecule is O=C(C[NH2+]C1CCCCCCC1)Nc1ccc(S(=O)(=O)N2CCCC2)cc1. The quantitative estimate of drug-likeness (QED) is 0.775. The van der Waals surface area contributed by atoms with Gasteiger partial charge in [-0.05, 0) is 62.8 Å². The van der Waals surface area contributed by atoms with Crippen molar-refractivity contribution in [2.24, 2.45) is 0 Å². The van der Waals surface area contributed by atoms with Crippen molar-refractivity contribution in [2.75, 3.05) is 25.0 Å². The minimum absolute atomic E-state index is 0.0350. The zero-order chi connectivity index (χ0) is 19.1. The maximum absolute atomic E-state index is 12.5. The number of benzene rings is 1. The molecule has 1 saturated carbocycles. The summed E-state index contributed by atoms with van der Waals surface area (Å²) in [5.74, 6) is -0.0350. The predicted octanol–water partition coefficient (Wildman–Crippen LogP) is 2.09. The Morgan fingerprint density at radius 2 is 1.56 bits per heavy atom. The van der Waals surface area contributed by atoms with Crippen LogP contribution in [0, 0.1) is 0 Å². The Kier molecular flexibility index (Phi) is 7.26. The zero-order valence-electron chi connectivity index (χ0n) is 16.0. The fraction of sp³-hybridized carbons (Fsp3) is 0.650. The van der Waals surface area contributed by atoms with E-state index in [1.165, 1.54) is 49.3 Å². The van der Waals surface area contributed by atoms with Crippen LogP contribution in [0.15, 0.2) is 29.2 Å². The average molecular weight is 395 g/mol. The molecule has 0 bridgehead atoms. The molecular weight excluding hydrogens is 362 g/mol. The first kappa shape index (κ1) is 20.3. The van der Waals surface area contributed by atoms with Gasteiger partial charge in [0.15, 0.2) is 6.54 Å². The third-order valence-corrected chi connectivity index (χ3v) is 7.54. The molecule has 1 amide bonds. The van der Waals surface area contributed by atoms with Crippen molar-refractivity contribution in [1.82, 2.24) is 4.31 Å². The molecule has 1 aromatic rings. The molecule has 1 aliphatic heterocycles. The summed E-state index contributed by atoms with van der Waals surface area (Å²) in [6.07, 6.45) is 10.7. The molecule has 6 nitrogen and oxygen atoms in total. The molecule has 0 unspecified atom stereocenters. The highest BCUT2D eigenvalue weighted by Gasteiger charge is 2.27.